The Labute approximate surface area is 106 Å². The zero-order chi connectivity index (χ0) is 13.5. The van der Waals surface area contributed by atoms with E-state index >= 15 is 0 Å². The van der Waals surface area contributed by atoms with E-state index in [1.807, 2.05) is 6.92 Å². The number of nitrogens with one attached hydrogen (secondary N) is 2. The van der Waals surface area contributed by atoms with Crippen LogP contribution in [-0.4, -0.2) is 18.5 Å². The van der Waals surface area contributed by atoms with E-state index in [0.29, 0.717) is 12.2 Å². The van der Waals surface area contributed by atoms with Crippen LogP contribution in [0, 0.1) is 11.6 Å². The van der Waals surface area contributed by atoms with E-state index in [4.69, 9.17) is 0 Å². The molecule has 18 heavy (non-hydrogen) atoms. The fourth-order valence-corrected chi connectivity index (χ4v) is 1.44. The molecule has 1 aromatic rings. The van der Waals surface area contributed by atoms with Crippen LogP contribution >= 0.6 is 0 Å². The first-order valence-corrected chi connectivity index (χ1v) is 6.04. The molecule has 1 aromatic carbocycles. The number of carbonyl (C=O) groups excluding carboxylic acids is 1. The Kier molecular flexibility index (Phi) is 5.55. The molecule has 0 bridgehead atoms. The second-order valence-electron chi connectivity index (χ2n) is 4.14. The maximum absolute atomic E-state index is 13.0. The lowest BCUT2D eigenvalue weighted by Crippen LogP contribution is -2.38. The lowest BCUT2D eigenvalue weighted by molar-refractivity contribution is -0.121. The average molecular weight is 256 g/mol. The van der Waals surface area contributed by atoms with Gasteiger partial charge in [-0.15, -0.1) is 0 Å². The van der Waals surface area contributed by atoms with Crippen molar-refractivity contribution < 1.29 is 13.6 Å². The number of amides is 1. The Balaban J connectivity index is 2.50. The topological polar surface area (TPSA) is 41.1 Å². The average Bonchev–Trinajstić information content (AvgIpc) is 2.34. The molecule has 0 aromatic heterocycles. The van der Waals surface area contributed by atoms with Gasteiger partial charge in [0.15, 0.2) is 11.6 Å². The van der Waals surface area contributed by atoms with Gasteiger partial charge < -0.3 is 10.6 Å². The van der Waals surface area contributed by atoms with Crippen molar-refractivity contribution >= 4 is 11.6 Å². The molecule has 100 valence electrons. The minimum atomic E-state index is -0.932. The maximum Gasteiger partial charge on any atom is 0.242 e. The highest BCUT2D eigenvalue weighted by Gasteiger charge is 2.12. The fraction of sp³-hybridized carbons (Fsp3) is 0.462. The molecule has 2 N–H and O–H groups in total. The Bertz CT molecular complexity index is 410. The smallest absolute Gasteiger partial charge is 0.242 e. The highest BCUT2D eigenvalue weighted by molar-refractivity contribution is 5.84. The number of rotatable bonds is 6. The summed E-state index contributed by atoms with van der Waals surface area (Å²) >= 11 is 0. The molecule has 1 amide bonds. The van der Waals surface area contributed by atoms with Crippen molar-refractivity contribution in [3.8, 4) is 0 Å². The van der Waals surface area contributed by atoms with Gasteiger partial charge in [-0.25, -0.2) is 8.78 Å². The van der Waals surface area contributed by atoms with Crippen molar-refractivity contribution in [1.29, 1.82) is 0 Å². The summed E-state index contributed by atoms with van der Waals surface area (Å²) in [6, 6.07) is 2.96. The van der Waals surface area contributed by atoms with Gasteiger partial charge in [0.1, 0.15) is 6.04 Å². The second-order valence-corrected chi connectivity index (χ2v) is 4.14. The first-order valence-electron chi connectivity index (χ1n) is 6.04. The van der Waals surface area contributed by atoms with Gasteiger partial charge in [-0.1, -0.05) is 13.3 Å². The number of benzene rings is 1. The fourth-order valence-electron chi connectivity index (χ4n) is 1.44. The second kappa shape index (κ2) is 6.93. The normalized spacial score (nSPS) is 12.0. The van der Waals surface area contributed by atoms with Crippen molar-refractivity contribution in [3.05, 3.63) is 29.8 Å². The van der Waals surface area contributed by atoms with E-state index < -0.39 is 17.7 Å². The standard InChI is InChI=1S/C13H18F2N2O/c1-3-4-7-16-13(18)9(2)17-10-5-6-11(14)12(15)8-10/h5-6,8-9,17H,3-4,7H2,1-2H3,(H,16,18). The van der Waals surface area contributed by atoms with Crippen LogP contribution in [0.25, 0.3) is 0 Å². The summed E-state index contributed by atoms with van der Waals surface area (Å²) in [6.07, 6.45) is 1.93. The predicted octanol–water partition coefficient (Wildman–Crippen LogP) is 2.68. The van der Waals surface area contributed by atoms with E-state index in [0.717, 1.165) is 25.0 Å². The van der Waals surface area contributed by atoms with Crippen LogP contribution in [0.3, 0.4) is 0 Å². The van der Waals surface area contributed by atoms with E-state index in [9.17, 15) is 13.6 Å². The Morgan fingerprint density at radius 1 is 1.33 bits per heavy atom. The Hall–Kier alpha value is -1.65. The van der Waals surface area contributed by atoms with Crippen LogP contribution in [0.4, 0.5) is 14.5 Å². The summed E-state index contributed by atoms with van der Waals surface area (Å²) in [5.74, 6) is -1.99. The van der Waals surface area contributed by atoms with Crippen molar-refractivity contribution in [1.82, 2.24) is 5.32 Å². The van der Waals surface area contributed by atoms with Gasteiger partial charge in [-0.05, 0) is 25.5 Å². The number of unbranched alkanes of at least 4 members (excludes halogenated alkanes) is 1. The van der Waals surface area contributed by atoms with Gasteiger partial charge in [0.2, 0.25) is 5.91 Å². The molecule has 0 spiro atoms. The molecule has 1 unspecified atom stereocenters. The number of halogens is 2. The number of anilines is 1. The molecule has 0 fully saturated rings. The van der Waals surface area contributed by atoms with Gasteiger partial charge in [-0.2, -0.15) is 0 Å². The number of hydrogen-bond donors (Lipinski definition) is 2. The third kappa shape index (κ3) is 4.31. The molecular formula is C13H18F2N2O. The summed E-state index contributed by atoms with van der Waals surface area (Å²) in [7, 11) is 0. The summed E-state index contributed by atoms with van der Waals surface area (Å²) < 4.78 is 25.7. The first kappa shape index (κ1) is 14.4. The molecule has 1 atom stereocenters. The number of hydrogen-bond acceptors (Lipinski definition) is 2. The van der Waals surface area contributed by atoms with E-state index in [1.54, 1.807) is 6.92 Å². The maximum atomic E-state index is 13.0. The van der Waals surface area contributed by atoms with E-state index in [-0.39, 0.29) is 5.91 Å². The highest BCUT2D eigenvalue weighted by atomic mass is 19.2. The van der Waals surface area contributed by atoms with Crippen LogP contribution in [0.2, 0.25) is 0 Å². The van der Waals surface area contributed by atoms with Crippen LogP contribution in [-0.2, 0) is 4.79 Å². The van der Waals surface area contributed by atoms with Gasteiger partial charge in [-0.3, -0.25) is 4.79 Å². The molecular weight excluding hydrogens is 238 g/mol. The van der Waals surface area contributed by atoms with Crippen molar-refractivity contribution in [2.75, 3.05) is 11.9 Å². The van der Waals surface area contributed by atoms with Gasteiger partial charge in [0.25, 0.3) is 0 Å². The molecule has 0 saturated carbocycles. The van der Waals surface area contributed by atoms with Crippen LogP contribution < -0.4 is 10.6 Å². The van der Waals surface area contributed by atoms with Crippen LogP contribution in [0.5, 0.6) is 0 Å². The van der Waals surface area contributed by atoms with Crippen molar-refractivity contribution in [2.24, 2.45) is 0 Å². The lowest BCUT2D eigenvalue weighted by Gasteiger charge is -2.15. The molecule has 0 saturated heterocycles. The van der Waals surface area contributed by atoms with Gasteiger partial charge in [0.05, 0.1) is 0 Å². The molecule has 1 rings (SSSR count). The van der Waals surface area contributed by atoms with Crippen LogP contribution in [0.1, 0.15) is 26.7 Å². The zero-order valence-electron chi connectivity index (χ0n) is 10.6. The molecule has 3 nitrogen and oxygen atoms in total. The summed E-state index contributed by atoms with van der Waals surface area (Å²) in [6.45, 7) is 4.33. The molecule has 0 radical (unpaired) electrons. The Morgan fingerprint density at radius 2 is 2.06 bits per heavy atom. The number of carbonyl (C=O) groups is 1. The molecule has 0 aliphatic rings. The van der Waals surface area contributed by atoms with E-state index in [1.165, 1.54) is 6.07 Å². The summed E-state index contributed by atoms with van der Waals surface area (Å²) in [4.78, 5) is 11.6. The largest absolute Gasteiger partial charge is 0.374 e. The molecule has 5 heteroatoms. The monoisotopic (exact) mass is 256 g/mol. The SMILES string of the molecule is CCCCNC(=O)C(C)Nc1ccc(F)c(F)c1. The van der Waals surface area contributed by atoms with Gasteiger partial charge >= 0.3 is 0 Å². The first-order chi connectivity index (χ1) is 8.54. The predicted molar refractivity (Wildman–Crippen MR) is 67.4 cm³/mol. The minimum absolute atomic E-state index is 0.159. The minimum Gasteiger partial charge on any atom is -0.374 e. The molecule has 0 heterocycles. The van der Waals surface area contributed by atoms with E-state index in [2.05, 4.69) is 10.6 Å². The summed E-state index contributed by atoms with van der Waals surface area (Å²) in [5, 5.41) is 5.58. The quantitative estimate of drug-likeness (QED) is 0.768. The summed E-state index contributed by atoms with van der Waals surface area (Å²) in [5.41, 5.74) is 0.382. The third-order valence-electron chi connectivity index (χ3n) is 2.53. The van der Waals surface area contributed by atoms with Crippen molar-refractivity contribution in [2.45, 2.75) is 32.7 Å². The molecule has 0 aliphatic carbocycles. The van der Waals surface area contributed by atoms with Crippen molar-refractivity contribution in [3.63, 3.8) is 0 Å². The molecule has 0 aliphatic heterocycles. The Morgan fingerprint density at radius 3 is 2.67 bits per heavy atom. The lowest BCUT2D eigenvalue weighted by atomic mass is 10.2. The highest BCUT2D eigenvalue weighted by Crippen LogP contribution is 2.13. The van der Waals surface area contributed by atoms with Crippen LogP contribution in [0.15, 0.2) is 18.2 Å². The third-order valence-corrected chi connectivity index (χ3v) is 2.53. The zero-order valence-corrected chi connectivity index (χ0v) is 10.6. The van der Waals surface area contributed by atoms with Gasteiger partial charge in [0, 0.05) is 18.3 Å².